The van der Waals surface area contributed by atoms with Crippen molar-refractivity contribution in [2.24, 2.45) is 0 Å². The summed E-state index contributed by atoms with van der Waals surface area (Å²) >= 11 is 0. The highest BCUT2D eigenvalue weighted by atomic mass is 16.6. The Morgan fingerprint density at radius 2 is 1.91 bits per heavy atom. The maximum absolute atomic E-state index is 11.8. The Morgan fingerprint density at radius 3 is 2.45 bits per heavy atom. The summed E-state index contributed by atoms with van der Waals surface area (Å²) in [6.45, 7) is 9.44. The van der Waals surface area contributed by atoms with Gasteiger partial charge in [-0.05, 0) is 56.9 Å². The van der Waals surface area contributed by atoms with Crippen molar-refractivity contribution in [3.8, 4) is 0 Å². The van der Waals surface area contributed by atoms with Crippen LogP contribution in [-0.4, -0.2) is 22.8 Å². The van der Waals surface area contributed by atoms with Crippen LogP contribution in [0.4, 0.5) is 4.79 Å². The lowest BCUT2D eigenvalue weighted by atomic mass is 10.0. The second kappa shape index (κ2) is 7.29. The fourth-order valence-electron chi connectivity index (χ4n) is 2.35. The van der Waals surface area contributed by atoms with Crippen LogP contribution in [0.2, 0.25) is 0 Å². The van der Waals surface area contributed by atoms with Gasteiger partial charge in [-0.15, -0.1) is 0 Å². The molecule has 0 bridgehead atoms. The molecule has 1 unspecified atom stereocenters. The molecule has 22 heavy (non-hydrogen) atoms. The summed E-state index contributed by atoms with van der Waals surface area (Å²) < 4.78 is 5.23. The Morgan fingerprint density at radius 1 is 1.27 bits per heavy atom. The fourth-order valence-corrected chi connectivity index (χ4v) is 2.35. The minimum absolute atomic E-state index is 0.109. The zero-order chi connectivity index (χ0) is 16.9. The molecule has 0 spiro atoms. The van der Waals surface area contributed by atoms with Gasteiger partial charge in [0.05, 0.1) is 11.6 Å². The van der Waals surface area contributed by atoms with E-state index in [1.54, 1.807) is 18.2 Å². The molecule has 0 radical (unpaired) electrons. The van der Waals surface area contributed by atoms with Crippen LogP contribution in [0.3, 0.4) is 0 Å². The topological polar surface area (TPSA) is 75.6 Å². The summed E-state index contributed by atoms with van der Waals surface area (Å²) in [5.41, 5.74) is 1.70. The number of carbonyl (C=O) groups excluding carboxylic acids is 1. The van der Waals surface area contributed by atoms with E-state index in [4.69, 9.17) is 9.84 Å². The van der Waals surface area contributed by atoms with Crippen molar-refractivity contribution in [2.45, 2.75) is 59.1 Å². The lowest BCUT2D eigenvalue weighted by molar-refractivity contribution is 0.0503. The van der Waals surface area contributed by atoms with E-state index in [0.717, 1.165) is 24.0 Å². The molecule has 1 aromatic rings. The van der Waals surface area contributed by atoms with Crippen LogP contribution in [0, 0.1) is 0 Å². The number of amides is 1. The number of benzene rings is 1. The molecule has 122 valence electrons. The Kier molecular flexibility index (Phi) is 5.97. The van der Waals surface area contributed by atoms with Crippen molar-refractivity contribution in [1.82, 2.24) is 5.32 Å². The van der Waals surface area contributed by atoms with Crippen molar-refractivity contribution in [3.05, 3.63) is 34.9 Å². The number of hydrogen-bond donors (Lipinski definition) is 2. The van der Waals surface area contributed by atoms with Gasteiger partial charge in [-0.1, -0.05) is 19.9 Å². The van der Waals surface area contributed by atoms with Crippen molar-refractivity contribution in [3.63, 3.8) is 0 Å². The van der Waals surface area contributed by atoms with Crippen molar-refractivity contribution < 1.29 is 19.4 Å². The number of hydrogen-bond acceptors (Lipinski definition) is 3. The second-order valence-electron chi connectivity index (χ2n) is 5.96. The molecular weight excluding hydrogens is 282 g/mol. The van der Waals surface area contributed by atoms with Gasteiger partial charge in [-0.2, -0.15) is 0 Å². The Bertz CT molecular complexity index is 546. The maximum atomic E-state index is 11.8. The van der Waals surface area contributed by atoms with E-state index in [-0.39, 0.29) is 11.6 Å². The van der Waals surface area contributed by atoms with E-state index in [1.807, 2.05) is 34.6 Å². The predicted octanol–water partition coefficient (Wildman–Crippen LogP) is 3.92. The Labute approximate surface area is 131 Å². The maximum Gasteiger partial charge on any atom is 0.408 e. The van der Waals surface area contributed by atoms with Gasteiger partial charge in [0.1, 0.15) is 5.60 Å². The highest BCUT2D eigenvalue weighted by molar-refractivity contribution is 5.88. The van der Waals surface area contributed by atoms with Crippen LogP contribution in [0.25, 0.3) is 0 Å². The van der Waals surface area contributed by atoms with E-state index >= 15 is 0 Å². The number of alkyl carbamates (subject to hydrolysis) is 1. The summed E-state index contributed by atoms with van der Waals surface area (Å²) in [7, 11) is 0. The summed E-state index contributed by atoms with van der Waals surface area (Å²) in [6, 6.07) is 4.90. The van der Waals surface area contributed by atoms with Gasteiger partial charge in [0, 0.05) is 0 Å². The molecule has 1 atom stereocenters. The van der Waals surface area contributed by atoms with Crippen molar-refractivity contribution >= 4 is 12.1 Å². The van der Waals surface area contributed by atoms with Crippen LogP contribution in [-0.2, 0) is 11.2 Å². The summed E-state index contributed by atoms with van der Waals surface area (Å²) in [5.74, 6) is -0.934. The number of nitrogens with one attached hydrogen (secondary N) is 1. The quantitative estimate of drug-likeness (QED) is 0.868. The first-order valence-corrected chi connectivity index (χ1v) is 7.62. The van der Waals surface area contributed by atoms with Crippen LogP contribution in [0.15, 0.2) is 18.2 Å². The standard InChI is InChI=1S/C15H19NO4.C2H6/c1-15(2,3)20-14(19)16-12-7-5-9-8-10(13(17)18)4-6-11(9)12;1-2/h4,6,8,12H,5,7H2,1-3H3,(H,16,19)(H,17,18);1-2H3. The number of ether oxygens (including phenoxy) is 1. The highest BCUT2D eigenvalue weighted by Crippen LogP contribution is 2.32. The average Bonchev–Trinajstić information content (AvgIpc) is 2.81. The number of carboxylic acid groups (broad SMARTS) is 1. The third-order valence-corrected chi connectivity index (χ3v) is 3.16. The monoisotopic (exact) mass is 307 g/mol. The van der Waals surface area contributed by atoms with Gasteiger partial charge >= 0.3 is 12.1 Å². The fraction of sp³-hybridized carbons (Fsp3) is 0.529. The Balaban J connectivity index is 0.00000116. The molecule has 0 aromatic heterocycles. The molecule has 0 aliphatic heterocycles. The molecule has 2 rings (SSSR count). The minimum atomic E-state index is -0.934. The minimum Gasteiger partial charge on any atom is -0.478 e. The van der Waals surface area contributed by atoms with Gasteiger partial charge in [-0.25, -0.2) is 9.59 Å². The molecule has 1 aromatic carbocycles. The zero-order valence-electron chi connectivity index (χ0n) is 13.9. The molecule has 1 aliphatic rings. The molecular formula is C17H25NO4. The summed E-state index contributed by atoms with van der Waals surface area (Å²) in [5, 5.41) is 11.8. The van der Waals surface area contributed by atoms with Gasteiger partial charge in [0.2, 0.25) is 0 Å². The average molecular weight is 307 g/mol. The van der Waals surface area contributed by atoms with Crippen molar-refractivity contribution in [2.75, 3.05) is 0 Å². The second-order valence-corrected chi connectivity index (χ2v) is 5.96. The largest absolute Gasteiger partial charge is 0.478 e. The van der Waals surface area contributed by atoms with Gasteiger partial charge < -0.3 is 15.2 Å². The molecule has 5 heteroatoms. The van der Waals surface area contributed by atoms with E-state index in [0.29, 0.717) is 0 Å². The van der Waals surface area contributed by atoms with Gasteiger partial charge in [0.15, 0.2) is 0 Å². The molecule has 1 aliphatic carbocycles. The SMILES string of the molecule is CC.CC(C)(C)OC(=O)NC1CCc2cc(C(=O)O)ccc21. The van der Waals surface area contributed by atoms with Crippen LogP contribution < -0.4 is 5.32 Å². The lowest BCUT2D eigenvalue weighted by Crippen LogP contribution is -2.34. The third-order valence-electron chi connectivity index (χ3n) is 3.16. The first kappa shape index (κ1) is 18.0. The van der Waals surface area contributed by atoms with E-state index in [1.165, 1.54) is 0 Å². The smallest absolute Gasteiger partial charge is 0.408 e. The Hall–Kier alpha value is -2.04. The lowest BCUT2D eigenvalue weighted by Gasteiger charge is -2.22. The molecule has 1 amide bonds. The number of aryl methyl sites for hydroxylation is 1. The van der Waals surface area contributed by atoms with E-state index in [2.05, 4.69) is 5.32 Å². The number of carbonyl (C=O) groups is 2. The van der Waals surface area contributed by atoms with Gasteiger partial charge in [-0.3, -0.25) is 0 Å². The molecule has 0 heterocycles. The summed E-state index contributed by atoms with van der Waals surface area (Å²) in [4.78, 5) is 22.7. The van der Waals surface area contributed by atoms with Gasteiger partial charge in [0.25, 0.3) is 0 Å². The highest BCUT2D eigenvalue weighted by Gasteiger charge is 2.26. The predicted molar refractivity (Wildman–Crippen MR) is 85.2 cm³/mol. The van der Waals surface area contributed by atoms with Crippen LogP contribution in [0.5, 0.6) is 0 Å². The number of aromatic carboxylic acids is 1. The first-order valence-electron chi connectivity index (χ1n) is 7.62. The van der Waals surface area contributed by atoms with Crippen LogP contribution >= 0.6 is 0 Å². The molecule has 5 nitrogen and oxygen atoms in total. The molecule has 0 saturated carbocycles. The molecule has 0 fully saturated rings. The number of rotatable bonds is 2. The van der Waals surface area contributed by atoms with Crippen LogP contribution in [0.1, 0.15) is 68.6 Å². The third kappa shape index (κ3) is 4.76. The zero-order valence-corrected chi connectivity index (χ0v) is 13.9. The first-order chi connectivity index (χ1) is 10.3. The van der Waals surface area contributed by atoms with E-state index in [9.17, 15) is 9.59 Å². The molecule has 0 saturated heterocycles. The molecule has 2 N–H and O–H groups in total. The van der Waals surface area contributed by atoms with Crippen molar-refractivity contribution in [1.29, 1.82) is 0 Å². The summed E-state index contributed by atoms with van der Waals surface area (Å²) in [6.07, 6.45) is 1.08. The number of carboxylic acids is 1. The number of fused-ring (bicyclic) bond motifs is 1. The normalized spacial score (nSPS) is 16.1. The van der Waals surface area contributed by atoms with E-state index < -0.39 is 17.7 Å².